The molecule has 39 heavy (non-hydrogen) atoms. The quantitative estimate of drug-likeness (QED) is 0.217. The highest BCUT2D eigenvalue weighted by Gasteiger charge is 2.17. The largest absolute Gasteiger partial charge is 0.309 e. The summed E-state index contributed by atoms with van der Waals surface area (Å²) in [4.78, 5) is 0. The van der Waals surface area contributed by atoms with Crippen LogP contribution in [0, 0.1) is 0 Å². The molecular weight excluding hydrogens is 492 g/mol. The molecule has 0 N–H and O–H groups in total. The van der Waals surface area contributed by atoms with Crippen LogP contribution in [0.3, 0.4) is 0 Å². The van der Waals surface area contributed by atoms with E-state index in [0.29, 0.717) is 0 Å². The summed E-state index contributed by atoms with van der Waals surface area (Å²) in [5.41, 5.74) is 7.41. The van der Waals surface area contributed by atoms with Crippen LogP contribution in [0.1, 0.15) is 0 Å². The van der Waals surface area contributed by atoms with Crippen molar-refractivity contribution in [1.82, 2.24) is 9.13 Å². The molecule has 9 rings (SSSR count). The predicted octanol–water partition coefficient (Wildman–Crippen LogP) is 10.2. The van der Waals surface area contributed by atoms with Gasteiger partial charge < -0.3 is 9.13 Å². The highest BCUT2D eigenvalue weighted by molar-refractivity contribution is 7.26. The Bertz CT molecular complexity index is 2290. The molecule has 0 amide bonds. The fourth-order valence-electron chi connectivity index (χ4n) is 6.47. The van der Waals surface area contributed by atoms with Crippen molar-refractivity contribution < 1.29 is 0 Å². The van der Waals surface area contributed by atoms with Gasteiger partial charge in [0.25, 0.3) is 0 Å². The van der Waals surface area contributed by atoms with E-state index < -0.39 is 0 Å². The molecule has 0 aliphatic carbocycles. The first kappa shape index (κ1) is 21.1. The predicted molar refractivity (Wildman–Crippen MR) is 168 cm³/mol. The van der Waals surface area contributed by atoms with Gasteiger partial charge in [-0.05, 0) is 48.5 Å². The van der Waals surface area contributed by atoms with E-state index in [1.165, 1.54) is 75.2 Å². The van der Waals surface area contributed by atoms with Crippen molar-refractivity contribution in [1.29, 1.82) is 0 Å². The van der Waals surface area contributed by atoms with Crippen molar-refractivity contribution in [2.75, 3.05) is 0 Å². The molecule has 3 heterocycles. The second kappa shape index (κ2) is 7.83. The van der Waals surface area contributed by atoms with E-state index in [0.717, 1.165) is 0 Å². The average molecular weight is 515 g/mol. The van der Waals surface area contributed by atoms with E-state index in [4.69, 9.17) is 0 Å². The van der Waals surface area contributed by atoms with Crippen molar-refractivity contribution in [2.45, 2.75) is 0 Å². The van der Waals surface area contributed by atoms with E-state index >= 15 is 0 Å². The number of hydrogen-bond acceptors (Lipinski definition) is 1. The zero-order valence-electron chi connectivity index (χ0n) is 21.0. The monoisotopic (exact) mass is 514 g/mol. The smallest absolute Gasteiger partial charge is 0.0640 e. The molecule has 0 aliphatic heterocycles. The Balaban J connectivity index is 1.34. The van der Waals surface area contributed by atoms with Gasteiger partial charge in [-0.25, -0.2) is 0 Å². The first-order chi connectivity index (χ1) is 19.4. The molecule has 9 aromatic rings. The molecule has 6 aromatic carbocycles. The highest BCUT2D eigenvalue weighted by atomic mass is 32.1. The molecule has 0 saturated carbocycles. The molecular formula is C36H22N2S. The van der Waals surface area contributed by atoms with Gasteiger partial charge in [0.05, 0.1) is 32.5 Å². The summed E-state index contributed by atoms with van der Waals surface area (Å²) in [6.45, 7) is 0. The number of nitrogens with zero attached hydrogens (tertiary/aromatic N) is 2. The van der Waals surface area contributed by atoms with Gasteiger partial charge >= 0.3 is 0 Å². The maximum Gasteiger partial charge on any atom is 0.0640 e. The van der Waals surface area contributed by atoms with E-state index in [2.05, 4.69) is 143 Å². The Morgan fingerprint density at radius 1 is 0.385 bits per heavy atom. The zero-order chi connectivity index (χ0) is 25.5. The minimum absolute atomic E-state index is 1.20. The molecule has 3 aromatic heterocycles. The van der Waals surface area contributed by atoms with Gasteiger partial charge in [0, 0.05) is 42.7 Å². The molecule has 0 spiro atoms. The standard InChI is InChI=1S/C36H22N2S/c1-5-15-30-24(10-1)25-11-2-6-16-31(25)37(30)23-20-21-35-29(22-23)28-14-9-19-34(36(28)39-35)38-32-17-7-3-12-26(32)27-13-4-8-18-33(27)38/h1-22H. The van der Waals surface area contributed by atoms with Gasteiger partial charge in [0.15, 0.2) is 0 Å². The maximum atomic E-state index is 2.44. The van der Waals surface area contributed by atoms with Gasteiger partial charge in [-0.1, -0.05) is 84.9 Å². The van der Waals surface area contributed by atoms with Crippen LogP contribution in [0.15, 0.2) is 133 Å². The Morgan fingerprint density at radius 3 is 1.44 bits per heavy atom. The first-order valence-corrected chi connectivity index (χ1v) is 14.1. The topological polar surface area (TPSA) is 9.86 Å². The van der Waals surface area contributed by atoms with Crippen molar-refractivity contribution in [3.05, 3.63) is 133 Å². The molecule has 0 saturated heterocycles. The second-order valence-corrected chi connectivity index (χ2v) is 11.2. The summed E-state index contributed by atoms with van der Waals surface area (Å²) in [6, 6.07) is 48.6. The van der Waals surface area contributed by atoms with Crippen molar-refractivity contribution in [3.63, 3.8) is 0 Å². The van der Waals surface area contributed by atoms with Crippen LogP contribution in [0.4, 0.5) is 0 Å². The summed E-state index contributed by atoms with van der Waals surface area (Å²) in [5.74, 6) is 0. The van der Waals surface area contributed by atoms with Crippen LogP contribution in [0.5, 0.6) is 0 Å². The lowest BCUT2D eigenvalue weighted by Gasteiger charge is -2.09. The lowest BCUT2D eigenvalue weighted by molar-refractivity contribution is 1.19. The lowest BCUT2D eigenvalue weighted by atomic mass is 10.1. The van der Waals surface area contributed by atoms with Crippen molar-refractivity contribution in [3.8, 4) is 11.4 Å². The number of para-hydroxylation sites is 4. The molecule has 182 valence electrons. The lowest BCUT2D eigenvalue weighted by Crippen LogP contribution is -1.94. The molecule has 0 unspecified atom stereocenters. The number of fused-ring (bicyclic) bond motifs is 9. The fourth-order valence-corrected chi connectivity index (χ4v) is 7.66. The summed E-state index contributed by atoms with van der Waals surface area (Å²) in [6.07, 6.45) is 0. The summed E-state index contributed by atoms with van der Waals surface area (Å²) < 4.78 is 7.47. The minimum Gasteiger partial charge on any atom is -0.309 e. The number of rotatable bonds is 2. The molecule has 3 heteroatoms. The summed E-state index contributed by atoms with van der Waals surface area (Å²) in [7, 11) is 0. The summed E-state index contributed by atoms with van der Waals surface area (Å²) >= 11 is 1.89. The minimum atomic E-state index is 1.20. The number of hydrogen-bond donors (Lipinski definition) is 0. The molecule has 0 bridgehead atoms. The maximum absolute atomic E-state index is 2.44. The third-order valence-electron chi connectivity index (χ3n) is 8.12. The Hall–Kier alpha value is -4.86. The number of thiophene rings is 1. The van der Waals surface area contributed by atoms with Gasteiger partial charge in [-0.15, -0.1) is 11.3 Å². The summed E-state index contributed by atoms with van der Waals surface area (Å²) in [5, 5.41) is 7.77. The first-order valence-electron chi connectivity index (χ1n) is 13.3. The Labute approximate surface area is 228 Å². The number of benzene rings is 6. The Morgan fingerprint density at radius 2 is 0.872 bits per heavy atom. The van der Waals surface area contributed by atoms with Crippen LogP contribution < -0.4 is 0 Å². The molecule has 0 radical (unpaired) electrons. The zero-order valence-corrected chi connectivity index (χ0v) is 21.8. The van der Waals surface area contributed by atoms with Crippen LogP contribution in [0.25, 0.3) is 75.2 Å². The van der Waals surface area contributed by atoms with Gasteiger partial charge in [-0.2, -0.15) is 0 Å². The van der Waals surface area contributed by atoms with Crippen LogP contribution in [0.2, 0.25) is 0 Å². The van der Waals surface area contributed by atoms with Crippen LogP contribution >= 0.6 is 11.3 Å². The van der Waals surface area contributed by atoms with E-state index in [1.54, 1.807) is 0 Å². The van der Waals surface area contributed by atoms with E-state index in [9.17, 15) is 0 Å². The van der Waals surface area contributed by atoms with Gasteiger partial charge in [0.1, 0.15) is 0 Å². The van der Waals surface area contributed by atoms with Crippen LogP contribution in [-0.4, -0.2) is 9.13 Å². The highest BCUT2D eigenvalue weighted by Crippen LogP contribution is 2.42. The molecule has 0 atom stereocenters. The second-order valence-electron chi connectivity index (χ2n) is 10.2. The molecule has 2 nitrogen and oxygen atoms in total. The van der Waals surface area contributed by atoms with Crippen molar-refractivity contribution in [2.24, 2.45) is 0 Å². The normalized spacial score (nSPS) is 12.1. The molecule has 0 fully saturated rings. The van der Waals surface area contributed by atoms with Gasteiger partial charge in [0.2, 0.25) is 0 Å². The van der Waals surface area contributed by atoms with Crippen molar-refractivity contribution >= 4 is 75.1 Å². The molecule has 0 aliphatic rings. The van der Waals surface area contributed by atoms with Crippen LogP contribution in [-0.2, 0) is 0 Å². The fraction of sp³-hybridized carbons (Fsp3) is 0. The number of aromatic nitrogens is 2. The third kappa shape index (κ3) is 2.85. The Kier molecular flexibility index (Phi) is 4.24. The van der Waals surface area contributed by atoms with Gasteiger partial charge in [-0.3, -0.25) is 0 Å². The SMILES string of the molecule is c1cc(-n2c3ccccc3c3ccccc32)c2sc3ccc(-n4c5ccccc5c5ccccc54)cc3c2c1. The van der Waals surface area contributed by atoms with E-state index in [-0.39, 0.29) is 0 Å². The van der Waals surface area contributed by atoms with E-state index in [1.807, 2.05) is 11.3 Å². The average Bonchev–Trinajstić information content (AvgIpc) is 3.65. The third-order valence-corrected chi connectivity index (χ3v) is 9.33.